The molecular formula is C16H19ClN2O2S. The molecule has 1 aliphatic rings. The van der Waals surface area contributed by atoms with Crippen LogP contribution in [0.5, 0.6) is 0 Å². The molecule has 3 rings (SSSR count). The van der Waals surface area contributed by atoms with E-state index in [4.69, 9.17) is 11.6 Å². The Balaban J connectivity index is 2.02. The fourth-order valence-electron chi connectivity index (χ4n) is 2.98. The van der Waals surface area contributed by atoms with Gasteiger partial charge in [0, 0.05) is 34.9 Å². The smallest absolute Gasteiger partial charge is 0.243 e. The predicted molar refractivity (Wildman–Crippen MR) is 89.8 cm³/mol. The molecule has 0 aliphatic carbocycles. The van der Waals surface area contributed by atoms with Crippen molar-refractivity contribution in [3.05, 3.63) is 41.4 Å². The molecule has 22 heavy (non-hydrogen) atoms. The van der Waals surface area contributed by atoms with E-state index in [1.54, 1.807) is 16.4 Å². The SMILES string of the molecule is CNC1CCN(S(=O)(=O)c2ccc(Cl)c3ccccc23)CC1. The minimum absolute atomic E-state index is 0.343. The summed E-state index contributed by atoms with van der Waals surface area (Å²) in [5.41, 5.74) is 0. The summed E-state index contributed by atoms with van der Waals surface area (Å²) < 4.78 is 27.5. The van der Waals surface area contributed by atoms with Gasteiger partial charge >= 0.3 is 0 Å². The first-order chi connectivity index (χ1) is 10.5. The summed E-state index contributed by atoms with van der Waals surface area (Å²) in [5, 5.41) is 5.25. The molecule has 4 nitrogen and oxygen atoms in total. The van der Waals surface area contributed by atoms with Crippen molar-refractivity contribution in [1.82, 2.24) is 9.62 Å². The van der Waals surface area contributed by atoms with Gasteiger partial charge < -0.3 is 5.32 Å². The van der Waals surface area contributed by atoms with E-state index >= 15 is 0 Å². The zero-order valence-corrected chi connectivity index (χ0v) is 14.0. The quantitative estimate of drug-likeness (QED) is 0.936. The van der Waals surface area contributed by atoms with Crippen LogP contribution >= 0.6 is 11.6 Å². The van der Waals surface area contributed by atoms with Gasteiger partial charge in [-0.1, -0.05) is 35.9 Å². The molecule has 0 amide bonds. The maximum absolute atomic E-state index is 13.0. The fourth-order valence-corrected chi connectivity index (χ4v) is 4.88. The molecule has 1 N–H and O–H groups in total. The number of fused-ring (bicyclic) bond motifs is 1. The normalized spacial score (nSPS) is 17.9. The first-order valence-corrected chi connectivity index (χ1v) is 9.20. The predicted octanol–water partition coefficient (Wildman–Crippen LogP) is 2.87. The van der Waals surface area contributed by atoms with Crippen LogP contribution in [0.4, 0.5) is 0 Å². The Hall–Kier alpha value is -1.14. The number of sulfonamides is 1. The number of piperidine rings is 1. The third-order valence-corrected chi connectivity index (χ3v) is 6.60. The van der Waals surface area contributed by atoms with Gasteiger partial charge in [-0.2, -0.15) is 4.31 Å². The lowest BCUT2D eigenvalue weighted by Crippen LogP contribution is -2.43. The lowest BCUT2D eigenvalue weighted by Gasteiger charge is -2.31. The molecule has 0 bridgehead atoms. The molecule has 1 saturated heterocycles. The summed E-state index contributed by atoms with van der Waals surface area (Å²) in [6, 6.07) is 11.0. The Bertz CT molecular complexity index is 784. The van der Waals surface area contributed by atoms with Gasteiger partial charge in [0.25, 0.3) is 0 Å². The number of rotatable bonds is 3. The van der Waals surface area contributed by atoms with Crippen LogP contribution in [0.25, 0.3) is 10.8 Å². The molecule has 1 fully saturated rings. The van der Waals surface area contributed by atoms with Gasteiger partial charge in [0.2, 0.25) is 10.0 Å². The van der Waals surface area contributed by atoms with E-state index in [9.17, 15) is 8.42 Å². The lowest BCUT2D eigenvalue weighted by molar-refractivity contribution is 0.298. The van der Waals surface area contributed by atoms with E-state index in [0.717, 1.165) is 18.2 Å². The number of benzene rings is 2. The van der Waals surface area contributed by atoms with Crippen LogP contribution in [0.2, 0.25) is 5.02 Å². The summed E-state index contributed by atoms with van der Waals surface area (Å²) in [6.07, 6.45) is 1.67. The van der Waals surface area contributed by atoms with Crippen molar-refractivity contribution in [2.24, 2.45) is 0 Å². The second kappa shape index (κ2) is 6.16. The minimum atomic E-state index is -3.49. The molecular weight excluding hydrogens is 320 g/mol. The zero-order chi connectivity index (χ0) is 15.7. The van der Waals surface area contributed by atoms with E-state index in [-0.39, 0.29) is 0 Å². The summed E-state index contributed by atoms with van der Waals surface area (Å²) >= 11 is 6.19. The van der Waals surface area contributed by atoms with Gasteiger partial charge in [-0.15, -0.1) is 0 Å². The van der Waals surface area contributed by atoms with Crippen LogP contribution in [0.15, 0.2) is 41.3 Å². The van der Waals surface area contributed by atoms with E-state index < -0.39 is 10.0 Å². The van der Waals surface area contributed by atoms with Gasteiger partial charge in [0.15, 0.2) is 0 Å². The van der Waals surface area contributed by atoms with E-state index in [0.29, 0.717) is 34.4 Å². The van der Waals surface area contributed by atoms with Gasteiger partial charge in [0.05, 0.1) is 4.90 Å². The van der Waals surface area contributed by atoms with Crippen molar-refractivity contribution in [3.8, 4) is 0 Å². The third-order valence-electron chi connectivity index (χ3n) is 4.31. The second-order valence-electron chi connectivity index (χ2n) is 5.56. The van der Waals surface area contributed by atoms with Crippen LogP contribution in [-0.4, -0.2) is 38.9 Å². The molecule has 0 unspecified atom stereocenters. The number of nitrogens with one attached hydrogen (secondary N) is 1. The maximum Gasteiger partial charge on any atom is 0.243 e. The average molecular weight is 339 g/mol. The first kappa shape index (κ1) is 15.7. The molecule has 0 radical (unpaired) electrons. The van der Waals surface area contributed by atoms with Crippen LogP contribution in [0, 0.1) is 0 Å². The summed E-state index contributed by atoms with van der Waals surface area (Å²) in [5.74, 6) is 0. The molecule has 1 aliphatic heterocycles. The molecule has 2 aromatic carbocycles. The highest BCUT2D eigenvalue weighted by Crippen LogP contribution is 2.31. The van der Waals surface area contributed by atoms with Crippen LogP contribution in [-0.2, 0) is 10.0 Å². The van der Waals surface area contributed by atoms with Crippen LogP contribution in [0.1, 0.15) is 12.8 Å². The summed E-state index contributed by atoms with van der Waals surface area (Å²) in [6.45, 7) is 1.09. The Morgan fingerprint density at radius 2 is 1.73 bits per heavy atom. The van der Waals surface area contributed by atoms with E-state index in [1.807, 2.05) is 31.3 Å². The molecule has 0 spiro atoms. The molecule has 1 heterocycles. The van der Waals surface area contributed by atoms with Gasteiger partial charge in [-0.3, -0.25) is 0 Å². The topological polar surface area (TPSA) is 49.4 Å². The molecule has 0 aromatic heterocycles. The van der Waals surface area contributed by atoms with Crippen molar-refractivity contribution in [2.75, 3.05) is 20.1 Å². The van der Waals surface area contributed by atoms with E-state index in [2.05, 4.69) is 5.32 Å². The summed E-state index contributed by atoms with van der Waals surface area (Å²) in [4.78, 5) is 0.343. The number of nitrogens with zero attached hydrogens (tertiary/aromatic N) is 1. The molecule has 0 atom stereocenters. The van der Waals surface area contributed by atoms with Crippen molar-refractivity contribution in [2.45, 2.75) is 23.8 Å². The van der Waals surface area contributed by atoms with Gasteiger partial charge in [-0.05, 0) is 32.0 Å². The van der Waals surface area contributed by atoms with Gasteiger partial charge in [-0.25, -0.2) is 8.42 Å². The Labute approximate surface area is 136 Å². The lowest BCUT2D eigenvalue weighted by atomic mass is 10.1. The highest BCUT2D eigenvalue weighted by atomic mass is 35.5. The second-order valence-corrected chi connectivity index (χ2v) is 7.87. The molecule has 6 heteroatoms. The molecule has 118 valence electrons. The van der Waals surface area contributed by atoms with Crippen LogP contribution in [0.3, 0.4) is 0 Å². The van der Waals surface area contributed by atoms with E-state index in [1.165, 1.54) is 0 Å². The van der Waals surface area contributed by atoms with Crippen molar-refractivity contribution >= 4 is 32.4 Å². The zero-order valence-electron chi connectivity index (χ0n) is 12.4. The maximum atomic E-state index is 13.0. The van der Waals surface area contributed by atoms with Gasteiger partial charge in [0.1, 0.15) is 0 Å². The van der Waals surface area contributed by atoms with Crippen molar-refractivity contribution in [3.63, 3.8) is 0 Å². The molecule has 0 saturated carbocycles. The standard InChI is InChI=1S/C16H19ClN2O2S/c1-18-12-8-10-19(11-9-12)22(20,21)16-7-6-15(17)13-4-2-3-5-14(13)16/h2-7,12,18H,8-11H2,1H3. The monoisotopic (exact) mass is 338 g/mol. The minimum Gasteiger partial charge on any atom is -0.317 e. The number of hydrogen-bond donors (Lipinski definition) is 1. The average Bonchev–Trinajstić information content (AvgIpc) is 2.55. The van der Waals surface area contributed by atoms with Crippen molar-refractivity contribution in [1.29, 1.82) is 0 Å². The Morgan fingerprint density at radius 3 is 2.36 bits per heavy atom. The Kier molecular flexibility index (Phi) is 4.41. The number of hydrogen-bond acceptors (Lipinski definition) is 3. The number of halogens is 1. The molecule has 2 aromatic rings. The Morgan fingerprint density at radius 1 is 1.09 bits per heavy atom. The third kappa shape index (κ3) is 2.74. The largest absolute Gasteiger partial charge is 0.317 e. The van der Waals surface area contributed by atoms with Crippen LogP contribution < -0.4 is 5.32 Å². The highest BCUT2D eigenvalue weighted by Gasteiger charge is 2.30. The van der Waals surface area contributed by atoms with Crippen molar-refractivity contribution < 1.29 is 8.42 Å². The first-order valence-electron chi connectivity index (χ1n) is 7.38. The highest BCUT2D eigenvalue weighted by molar-refractivity contribution is 7.89. The summed E-state index contributed by atoms with van der Waals surface area (Å²) in [7, 11) is -1.57. The fraction of sp³-hybridized carbons (Fsp3) is 0.375.